The molecule has 0 aliphatic carbocycles. The lowest BCUT2D eigenvalue weighted by molar-refractivity contribution is -0.131. The Morgan fingerprint density at radius 2 is 1.83 bits per heavy atom. The molecule has 1 aromatic carbocycles. The molecule has 0 unspecified atom stereocenters. The van der Waals surface area contributed by atoms with Crippen LogP contribution >= 0.6 is 0 Å². The molecule has 0 atom stereocenters. The van der Waals surface area contributed by atoms with E-state index < -0.39 is 10.0 Å². The van der Waals surface area contributed by atoms with Crippen molar-refractivity contribution < 1.29 is 22.7 Å². The molecule has 1 fully saturated rings. The van der Waals surface area contributed by atoms with E-state index in [0.29, 0.717) is 18.8 Å². The van der Waals surface area contributed by atoms with E-state index in [1.807, 2.05) is 7.05 Å². The number of nitrogens with one attached hydrogen (secondary N) is 1. The van der Waals surface area contributed by atoms with Crippen LogP contribution in [-0.2, 0) is 14.8 Å². The summed E-state index contributed by atoms with van der Waals surface area (Å²) in [5.74, 6) is 0.410. The van der Waals surface area contributed by atoms with Gasteiger partial charge in [0.15, 0.2) is 0 Å². The number of carbonyl (C=O) groups is 1. The predicted molar refractivity (Wildman–Crippen MR) is 88.8 cm³/mol. The van der Waals surface area contributed by atoms with Crippen LogP contribution in [0.25, 0.3) is 0 Å². The van der Waals surface area contributed by atoms with Gasteiger partial charge in [0.1, 0.15) is 16.4 Å². The Balaban J connectivity index is 2.04. The molecule has 1 aliphatic heterocycles. The topological polar surface area (TPSA) is 88.2 Å². The average Bonchev–Trinajstić information content (AvgIpc) is 2.59. The number of likely N-dealkylation sites (N-methyl/N-ethyl adjacent to an activating group) is 1. The molecule has 24 heavy (non-hydrogen) atoms. The summed E-state index contributed by atoms with van der Waals surface area (Å²) in [4.78, 5) is 15.9. The number of methoxy groups -OCH3 is 2. The van der Waals surface area contributed by atoms with Crippen molar-refractivity contribution in [2.45, 2.75) is 4.90 Å². The number of carbonyl (C=O) groups excluding carboxylic acids is 1. The number of amides is 1. The van der Waals surface area contributed by atoms with Gasteiger partial charge in [0, 0.05) is 32.2 Å². The van der Waals surface area contributed by atoms with E-state index in [1.165, 1.54) is 32.4 Å². The highest BCUT2D eigenvalue weighted by atomic mass is 32.2. The smallest absolute Gasteiger partial charge is 0.244 e. The summed E-state index contributed by atoms with van der Waals surface area (Å²) < 4.78 is 37.4. The van der Waals surface area contributed by atoms with Crippen LogP contribution in [0.15, 0.2) is 23.1 Å². The zero-order chi connectivity index (χ0) is 17.7. The van der Waals surface area contributed by atoms with Crippen LogP contribution in [0.2, 0.25) is 0 Å². The van der Waals surface area contributed by atoms with Gasteiger partial charge in [-0.05, 0) is 19.2 Å². The molecule has 134 valence electrons. The van der Waals surface area contributed by atoms with Gasteiger partial charge in [-0.1, -0.05) is 0 Å². The van der Waals surface area contributed by atoms with Crippen molar-refractivity contribution in [3.63, 3.8) is 0 Å². The number of hydrogen-bond donors (Lipinski definition) is 1. The third kappa shape index (κ3) is 4.37. The largest absolute Gasteiger partial charge is 0.497 e. The Morgan fingerprint density at radius 3 is 2.42 bits per heavy atom. The van der Waals surface area contributed by atoms with Crippen molar-refractivity contribution in [3.8, 4) is 11.5 Å². The minimum atomic E-state index is -3.86. The molecule has 1 heterocycles. The predicted octanol–water partition coefficient (Wildman–Crippen LogP) is -0.244. The van der Waals surface area contributed by atoms with Crippen LogP contribution in [0.1, 0.15) is 0 Å². The Labute approximate surface area is 142 Å². The highest BCUT2D eigenvalue weighted by molar-refractivity contribution is 7.89. The lowest BCUT2D eigenvalue weighted by Crippen LogP contribution is -2.50. The van der Waals surface area contributed by atoms with Gasteiger partial charge >= 0.3 is 0 Å². The van der Waals surface area contributed by atoms with Gasteiger partial charge in [-0.15, -0.1) is 0 Å². The Bertz CT molecular complexity index is 684. The molecule has 1 amide bonds. The van der Waals surface area contributed by atoms with Crippen molar-refractivity contribution in [1.29, 1.82) is 0 Å². The summed E-state index contributed by atoms with van der Waals surface area (Å²) in [5, 5.41) is 0. The fourth-order valence-corrected chi connectivity index (χ4v) is 3.52. The standard InChI is InChI=1S/C15H23N3O5S/c1-17-6-8-18(9-7-17)15(19)11-16-24(20,21)14-5-4-12(22-2)10-13(14)23-3/h4-5,10,16H,6-9,11H2,1-3H3. The number of piperazine rings is 1. The van der Waals surface area contributed by atoms with Gasteiger partial charge in [-0.3, -0.25) is 4.79 Å². The SMILES string of the molecule is COc1ccc(S(=O)(=O)NCC(=O)N2CCN(C)CC2)c(OC)c1. The first-order valence-electron chi connectivity index (χ1n) is 7.55. The third-order valence-corrected chi connectivity index (χ3v) is 5.37. The van der Waals surface area contributed by atoms with E-state index in [-0.39, 0.29) is 23.1 Å². The van der Waals surface area contributed by atoms with Gasteiger partial charge in [0.25, 0.3) is 0 Å². The number of rotatable bonds is 6. The molecule has 0 aromatic heterocycles. The summed E-state index contributed by atoms with van der Waals surface area (Å²) in [6, 6.07) is 4.40. The Hall–Kier alpha value is -1.84. The van der Waals surface area contributed by atoms with Crippen LogP contribution in [0.3, 0.4) is 0 Å². The van der Waals surface area contributed by atoms with Crippen LogP contribution < -0.4 is 14.2 Å². The number of hydrogen-bond acceptors (Lipinski definition) is 6. The summed E-state index contributed by atoms with van der Waals surface area (Å²) >= 11 is 0. The van der Waals surface area contributed by atoms with Crippen molar-refractivity contribution in [2.75, 3.05) is 54.0 Å². The molecule has 1 aromatic rings. The lowest BCUT2D eigenvalue weighted by Gasteiger charge is -2.32. The van der Waals surface area contributed by atoms with E-state index >= 15 is 0 Å². The Morgan fingerprint density at radius 1 is 1.17 bits per heavy atom. The normalized spacial score (nSPS) is 16.0. The monoisotopic (exact) mass is 357 g/mol. The second kappa shape index (κ2) is 7.82. The second-order valence-corrected chi connectivity index (χ2v) is 7.26. The van der Waals surface area contributed by atoms with E-state index in [1.54, 1.807) is 4.90 Å². The molecule has 0 spiro atoms. The molecule has 9 heteroatoms. The molecule has 1 saturated heterocycles. The number of nitrogens with zero attached hydrogens (tertiary/aromatic N) is 2. The zero-order valence-corrected chi connectivity index (χ0v) is 14.9. The first-order valence-corrected chi connectivity index (χ1v) is 9.03. The first kappa shape index (κ1) is 18.5. The van der Waals surface area contributed by atoms with Crippen LogP contribution in [-0.4, -0.2) is 78.1 Å². The van der Waals surface area contributed by atoms with Crippen LogP contribution in [0.5, 0.6) is 11.5 Å². The van der Waals surface area contributed by atoms with E-state index in [0.717, 1.165) is 13.1 Å². The second-order valence-electron chi connectivity index (χ2n) is 5.53. The fourth-order valence-electron chi connectivity index (χ4n) is 2.40. The summed E-state index contributed by atoms with van der Waals surface area (Å²) in [6.45, 7) is 2.49. The van der Waals surface area contributed by atoms with Gasteiger partial charge in [-0.2, -0.15) is 0 Å². The molecule has 8 nitrogen and oxygen atoms in total. The molecule has 1 N–H and O–H groups in total. The van der Waals surface area contributed by atoms with Crippen molar-refractivity contribution in [3.05, 3.63) is 18.2 Å². The first-order chi connectivity index (χ1) is 11.4. The molecular formula is C15H23N3O5S. The number of ether oxygens (including phenoxy) is 2. The lowest BCUT2D eigenvalue weighted by atomic mass is 10.3. The molecule has 1 aliphatic rings. The third-order valence-electron chi connectivity index (χ3n) is 3.93. The molecule has 0 saturated carbocycles. The van der Waals surface area contributed by atoms with Gasteiger partial charge in [-0.25, -0.2) is 13.1 Å². The highest BCUT2D eigenvalue weighted by Gasteiger charge is 2.24. The van der Waals surface area contributed by atoms with Crippen LogP contribution in [0.4, 0.5) is 0 Å². The fraction of sp³-hybridized carbons (Fsp3) is 0.533. The molecule has 0 radical (unpaired) electrons. The summed E-state index contributed by atoms with van der Waals surface area (Å²) in [5.41, 5.74) is 0. The number of sulfonamides is 1. The van der Waals surface area contributed by atoms with E-state index in [4.69, 9.17) is 9.47 Å². The zero-order valence-electron chi connectivity index (χ0n) is 14.1. The van der Waals surface area contributed by atoms with Crippen molar-refractivity contribution in [2.24, 2.45) is 0 Å². The summed E-state index contributed by atoms with van der Waals surface area (Å²) in [6.07, 6.45) is 0. The maximum Gasteiger partial charge on any atom is 0.244 e. The maximum atomic E-state index is 12.4. The quantitative estimate of drug-likeness (QED) is 0.756. The van der Waals surface area contributed by atoms with E-state index in [9.17, 15) is 13.2 Å². The van der Waals surface area contributed by atoms with Crippen molar-refractivity contribution in [1.82, 2.24) is 14.5 Å². The average molecular weight is 357 g/mol. The summed E-state index contributed by atoms with van der Waals surface area (Å²) in [7, 11) is 0.986. The van der Waals surface area contributed by atoms with Gasteiger partial charge < -0.3 is 19.3 Å². The minimum absolute atomic E-state index is 0.0306. The Kier molecular flexibility index (Phi) is 6.03. The molecule has 0 bridgehead atoms. The minimum Gasteiger partial charge on any atom is -0.497 e. The van der Waals surface area contributed by atoms with Gasteiger partial charge in [0.05, 0.1) is 20.8 Å². The van der Waals surface area contributed by atoms with Crippen molar-refractivity contribution >= 4 is 15.9 Å². The van der Waals surface area contributed by atoms with Gasteiger partial charge in [0.2, 0.25) is 15.9 Å². The highest BCUT2D eigenvalue weighted by Crippen LogP contribution is 2.28. The molecular weight excluding hydrogens is 334 g/mol. The molecule has 2 rings (SSSR count). The van der Waals surface area contributed by atoms with E-state index in [2.05, 4.69) is 9.62 Å². The number of benzene rings is 1. The van der Waals surface area contributed by atoms with Crippen LogP contribution in [0, 0.1) is 0 Å². The maximum absolute atomic E-state index is 12.4.